The molecule has 0 radical (unpaired) electrons. The minimum atomic E-state index is -0.223. The summed E-state index contributed by atoms with van der Waals surface area (Å²) in [5.74, 6) is -0.447. The standard InChI is InChI=1S/C20H14N2O2/c23-19-16-7-3-4-8-17(16)20(24)22(19)21-12-18(21)15-10-9-13-5-1-2-6-14(13)11-15/h1-11,18H,12H2. The molecule has 1 fully saturated rings. The number of carbonyl (C=O) groups is 2. The number of hydrogen-bond donors (Lipinski definition) is 0. The summed E-state index contributed by atoms with van der Waals surface area (Å²) < 4.78 is 0. The summed E-state index contributed by atoms with van der Waals surface area (Å²) in [5, 5.41) is 5.50. The number of fused-ring (bicyclic) bond motifs is 2. The molecule has 0 spiro atoms. The lowest BCUT2D eigenvalue weighted by molar-refractivity contribution is 0.0370. The Morgan fingerprint density at radius 1 is 0.750 bits per heavy atom. The quantitative estimate of drug-likeness (QED) is 0.537. The van der Waals surface area contributed by atoms with Crippen LogP contribution in [0, 0.1) is 0 Å². The third-order valence-electron chi connectivity index (χ3n) is 4.77. The van der Waals surface area contributed by atoms with E-state index in [4.69, 9.17) is 0 Å². The minimum absolute atomic E-state index is 0.0804. The molecule has 24 heavy (non-hydrogen) atoms. The lowest BCUT2D eigenvalue weighted by Crippen LogP contribution is -2.35. The highest BCUT2D eigenvalue weighted by molar-refractivity contribution is 6.21. The molecule has 4 heteroatoms. The van der Waals surface area contributed by atoms with Crippen LogP contribution in [0.4, 0.5) is 0 Å². The largest absolute Gasteiger partial charge is 0.276 e. The van der Waals surface area contributed by atoms with Crippen LogP contribution in [0.25, 0.3) is 10.8 Å². The fourth-order valence-corrected chi connectivity index (χ4v) is 3.45. The third kappa shape index (κ3) is 1.83. The van der Waals surface area contributed by atoms with Crippen LogP contribution in [-0.4, -0.2) is 28.4 Å². The van der Waals surface area contributed by atoms with Gasteiger partial charge >= 0.3 is 0 Å². The van der Waals surface area contributed by atoms with Crippen LogP contribution >= 0.6 is 0 Å². The van der Waals surface area contributed by atoms with E-state index in [1.807, 2.05) is 17.1 Å². The van der Waals surface area contributed by atoms with Gasteiger partial charge in [0.2, 0.25) is 0 Å². The lowest BCUT2D eigenvalue weighted by atomic mass is 10.1. The van der Waals surface area contributed by atoms with Crippen molar-refractivity contribution in [2.45, 2.75) is 6.04 Å². The Bertz CT molecular complexity index is 976. The van der Waals surface area contributed by atoms with Crippen LogP contribution in [-0.2, 0) is 0 Å². The van der Waals surface area contributed by atoms with E-state index in [1.54, 1.807) is 24.3 Å². The van der Waals surface area contributed by atoms with Gasteiger partial charge < -0.3 is 0 Å². The monoisotopic (exact) mass is 314 g/mol. The van der Waals surface area contributed by atoms with E-state index in [0.29, 0.717) is 17.7 Å². The maximum atomic E-state index is 12.5. The SMILES string of the molecule is O=C1c2ccccc2C(=O)N1N1CC1c1ccc2ccccc2c1. The molecule has 2 aliphatic heterocycles. The number of hydrogen-bond acceptors (Lipinski definition) is 3. The summed E-state index contributed by atoms with van der Waals surface area (Å²) in [7, 11) is 0. The van der Waals surface area contributed by atoms with Crippen molar-refractivity contribution < 1.29 is 9.59 Å². The van der Waals surface area contributed by atoms with Gasteiger partial charge in [-0.1, -0.05) is 48.5 Å². The van der Waals surface area contributed by atoms with Gasteiger partial charge in [-0.05, 0) is 34.5 Å². The highest BCUT2D eigenvalue weighted by Crippen LogP contribution is 2.40. The van der Waals surface area contributed by atoms with Crippen molar-refractivity contribution in [3.8, 4) is 0 Å². The molecular formula is C20H14N2O2. The highest BCUT2D eigenvalue weighted by Gasteiger charge is 2.49. The van der Waals surface area contributed by atoms with Crippen molar-refractivity contribution in [3.63, 3.8) is 0 Å². The maximum absolute atomic E-state index is 12.5. The Morgan fingerprint density at radius 3 is 2.08 bits per heavy atom. The summed E-state index contributed by atoms with van der Waals surface area (Å²) in [6, 6.07) is 21.6. The molecule has 0 aromatic heterocycles. The van der Waals surface area contributed by atoms with Crippen LogP contribution in [0.15, 0.2) is 66.7 Å². The van der Waals surface area contributed by atoms with E-state index in [2.05, 4.69) is 30.3 Å². The van der Waals surface area contributed by atoms with Crippen LogP contribution in [0.2, 0.25) is 0 Å². The minimum Gasteiger partial charge on any atom is -0.267 e. The second kappa shape index (κ2) is 4.76. The van der Waals surface area contributed by atoms with Crippen LogP contribution in [0.5, 0.6) is 0 Å². The molecule has 2 heterocycles. The van der Waals surface area contributed by atoms with Gasteiger partial charge in [0.05, 0.1) is 17.2 Å². The molecule has 116 valence electrons. The summed E-state index contributed by atoms with van der Waals surface area (Å²) in [5.41, 5.74) is 2.11. The highest BCUT2D eigenvalue weighted by atomic mass is 16.2. The van der Waals surface area contributed by atoms with Crippen molar-refractivity contribution in [1.82, 2.24) is 10.0 Å². The zero-order valence-corrected chi connectivity index (χ0v) is 12.8. The van der Waals surface area contributed by atoms with Crippen molar-refractivity contribution in [3.05, 3.63) is 83.4 Å². The summed E-state index contributed by atoms with van der Waals surface area (Å²) in [6.45, 7) is 0.684. The first-order valence-electron chi connectivity index (χ1n) is 7.97. The number of hydrazine groups is 1. The number of amides is 2. The summed E-state index contributed by atoms with van der Waals surface area (Å²) >= 11 is 0. The number of imide groups is 1. The van der Waals surface area contributed by atoms with E-state index in [-0.39, 0.29) is 17.9 Å². The Morgan fingerprint density at radius 2 is 1.38 bits per heavy atom. The van der Waals surface area contributed by atoms with E-state index in [9.17, 15) is 9.59 Å². The first kappa shape index (κ1) is 13.5. The van der Waals surface area contributed by atoms with Gasteiger partial charge in [0.1, 0.15) is 0 Å². The third-order valence-corrected chi connectivity index (χ3v) is 4.77. The van der Waals surface area contributed by atoms with Gasteiger partial charge in [-0.3, -0.25) is 9.59 Å². The first-order valence-corrected chi connectivity index (χ1v) is 7.97. The van der Waals surface area contributed by atoms with E-state index >= 15 is 0 Å². The Balaban J connectivity index is 1.46. The van der Waals surface area contributed by atoms with Crippen molar-refractivity contribution in [1.29, 1.82) is 0 Å². The molecule has 3 aromatic carbocycles. The summed E-state index contributed by atoms with van der Waals surface area (Å²) in [4.78, 5) is 25.1. The van der Waals surface area contributed by atoms with Crippen molar-refractivity contribution in [2.75, 3.05) is 6.54 Å². The topological polar surface area (TPSA) is 40.4 Å². The van der Waals surface area contributed by atoms with E-state index in [1.165, 1.54) is 15.8 Å². The smallest absolute Gasteiger partial charge is 0.267 e. The molecule has 1 saturated heterocycles. The molecular weight excluding hydrogens is 300 g/mol. The van der Waals surface area contributed by atoms with Crippen molar-refractivity contribution >= 4 is 22.6 Å². The molecule has 0 aliphatic carbocycles. The fourth-order valence-electron chi connectivity index (χ4n) is 3.45. The average molecular weight is 314 g/mol. The molecule has 2 aliphatic rings. The average Bonchev–Trinajstić information content (AvgIpc) is 3.37. The molecule has 2 atom stereocenters. The molecule has 0 bridgehead atoms. The predicted molar refractivity (Wildman–Crippen MR) is 90.3 cm³/mol. The molecule has 0 saturated carbocycles. The molecule has 2 amide bonds. The van der Waals surface area contributed by atoms with Crippen LogP contribution < -0.4 is 0 Å². The van der Waals surface area contributed by atoms with Gasteiger partial charge in [0, 0.05) is 6.54 Å². The molecule has 4 nitrogen and oxygen atoms in total. The van der Waals surface area contributed by atoms with Gasteiger partial charge in [0.15, 0.2) is 0 Å². The molecule has 5 rings (SSSR count). The second-order valence-corrected chi connectivity index (χ2v) is 6.21. The number of carbonyl (C=O) groups excluding carboxylic acids is 2. The zero-order valence-electron chi connectivity index (χ0n) is 12.8. The maximum Gasteiger partial charge on any atom is 0.276 e. The number of nitrogens with zero attached hydrogens (tertiary/aromatic N) is 2. The zero-order chi connectivity index (χ0) is 16.3. The fraction of sp³-hybridized carbons (Fsp3) is 0.100. The number of rotatable bonds is 2. The predicted octanol–water partition coefficient (Wildman–Crippen LogP) is 3.41. The normalized spacial score (nSPS) is 22.1. The second-order valence-electron chi connectivity index (χ2n) is 6.21. The lowest BCUT2D eigenvalue weighted by Gasteiger charge is -2.15. The molecule has 2 unspecified atom stereocenters. The van der Waals surface area contributed by atoms with Gasteiger partial charge in [-0.15, -0.1) is 0 Å². The Kier molecular flexibility index (Phi) is 2.67. The number of benzene rings is 3. The molecule has 3 aromatic rings. The van der Waals surface area contributed by atoms with Crippen molar-refractivity contribution in [2.24, 2.45) is 0 Å². The van der Waals surface area contributed by atoms with E-state index < -0.39 is 0 Å². The van der Waals surface area contributed by atoms with Gasteiger partial charge in [-0.25, -0.2) is 5.01 Å². The summed E-state index contributed by atoms with van der Waals surface area (Å²) in [6.07, 6.45) is 0. The van der Waals surface area contributed by atoms with Gasteiger partial charge in [0.25, 0.3) is 11.8 Å². The Hall–Kier alpha value is -2.98. The van der Waals surface area contributed by atoms with E-state index in [0.717, 1.165) is 5.56 Å². The first-order chi connectivity index (χ1) is 11.7. The Labute approximate surface area is 138 Å². The van der Waals surface area contributed by atoms with Crippen LogP contribution in [0.3, 0.4) is 0 Å². The van der Waals surface area contributed by atoms with Gasteiger partial charge in [-0.2, -0.15) is 5.01 Å². The molecule has 0 N–H and O–H groups in total. The van der Waals surface area contributed by atoms with Crippen LogP contribution in [0.1, 0.15) is 32.3 Å².